The largest absolute Gasteiger partial charge is 0.332 e. The first-order valence-electron chi connectivity index (χ1n) is 7.43. The van der Waals surface area contributed by atoms with Gasteiger partial charge in [0.25, 0.3) is 5.24 Å². The van der Waals surface area contributed by atoms with Crippen LogP contribution in [-0.2, 0) is 4.79 Å². The first-order valence-corrected chi connectivity index (χ1v) is 9.40. The Kier molecular flexibility index (Phi) is 6.81. The second-order valence-electron chi connectivity index (χ2n) is 5.24. The van der Waals surface area contributed by atoms with Crippen LogP contribution in [0.25, 0.3) is 0 Å². The van der Waals surface area contributed by atoms with Gasteiger partial charge in [-0.3, -0.25) is 9.59 Å². The first kappa shape index (κ1) is 17.7. The third-order valence-electron chi connectivity index (χ3n) is 3.32. The van der Waals surface area contributed by atoms with Gasteiger partial charge in [0.2, 0.25) is 5.91 Å². The summed E-state index contributed by atoms with van der Waals surface area (Å²) >= 11 is 2.86. The Balaban J connectivity index is 1.87. The van der Waals surface area contributed by atoms with Crippen LogP contribution in [-0.4, -0.2) is 40.6 Å². The normalized spacial score (nSPS) is 15.3. The first-order chi connectivity index (χ1) is 11.1. The summed E-state index contributed by atoms with van der Waals surface area (Å²) in [5, 5.41) is 11.8. The molecule has 0 aliphatic carbocycles. The van der Waals surface area contributed by atoms with Gasteiger partial charge in [-0.15, -0.1) is 11.8 Å². The van der Waals surface area contributed by atoms with Crippen LogP contribution in [0.1, 0.15) is 13.3 Å². The van der Waals surface area contributed by atoms with Crippen molar-refractivity contribution < 1.29 is 9.59 Å². The van der Waals surface area contributed by atoms with Crippen LogP contribution in [0, 0.1) is 17.2 Å². The number of nitrogens with one attached hydrogen (secondary N) is 1. The van der Waals surface area contributed by atoms with Crippen LogP contribution in [0.4, 0.5) is 10.5 Å². The highest BCUT2D eigenvalue weighted by atomic mass is 32.2. The smallest absolute Gasteiger partial charge is 0.281 e. The molecule has 0 radical (unpaired) electrons. The number of carbonyl (C=O) groups is 2. The van der Waals surface area contributed by atoms with Crippen LogP contribution in [0.2, 0.25) is 0 Å². The van der Waals surface area contributed by atoms with Gasteiger partial charge in [-0.25, -0.2) is 0 Å². The highest BCUT2D eigenvalue weighted by Crippen LogP contribution is 2.28. The van der Waals surface area contributed by atoms with Crippen LogP contribution in [0.15, 0.2) is 29.2 Å². The van der Waals surface area contributed by atoms with E-state index in [9.17, 15) is 9.59 Å². The van der Waals surface area contributed by atoms with Crippen molar-refractivity contribution >= 4 is 40.4 Å². The molecule has 0 saturated carbocycles. The molecule has 1 atom stereocenters. The second-order valence-corrected chi connectivity index (χ2v) is 7.34. The van der Waals surface area contributed by atoms with Crippen LogP contribution >= 0.6 is 23.5 Å². The molecule has 0 aromatic heterocycles. The molecule has 2 amide bonds. The SMILES string of the molecule is C[C@@H](C#N)CSc1ccccc1NC(=O)CCN1CCSC1=O. The maximum absolute atomic E-state index is 12.1. The molecule has 1 saturated heterocycles. The monoisotopic (exact) mass is 349 g/mol. The Morgan fingerprint density at radius 1 is 1.52 bits per heavy atom. The number of nitrogens with zero attached hydrogens (tertiary/aromatic N) is 2. The van der Waals surface area contributed by atoms with Crippen molar-refractivity contribution in [3.8, 4) is 6.07 Å². The molecule has 1 aromatic rings. The number of benzene rings is 1. The summed E-state index contributed by atoms with van der Waals surface area (Å²) in [6.45, 7) is 3.05. The Morgan fingerprint density at radius 2 is 2.30 bits per heavy atom. The van der Waals surface area contributed by atoms with Crippen molar-refractivity contribution in [1.82, 2.24) is 4.90 Å². The van der Waals surface area contributed by atoms with Crippen LogP contribution < -0.4 is 5.32 Å². The van der Waals surface area contributed by atoms with E-state index in [4.69, 9.17) is 5.26 Å². The lowest BCUT2D eigenvalue weighted by Gasteiger charge is -2.15. The number of carbonyl (C=O) groups excluding carboxylic acids is 2. The molecule has 1 aromatic carbocycles. The number of nitriles is 1. The lowest BCUT2D eigenvalue weighted by Crippen LogP contribution is -2.27. The van der Waals surface area contributed by atoms with E-state index in [1.165, 1.54) is 11.8 Å². The van der Waals surface area contributed by atoms with Crippen LogP contribution in [0.5, 0.6) is 0 Å². The molecular weight excluding hydrogens is 330 g/mol. The van der Waals surface area contributed by atoms with E-state index in [1.807, 2.05) is 31.2 Å². The van der Waals surface area contributed by atoms with Crippen LogP contribution in [0.3, 0.4) is 0 Å². The summed E-state index contributed by atoms with van der Waals surface area (Å²) in [5.74, 6) is 1.35. The number of anilines is 1. The summed E-state index contributed by atoms with van der Waals surface area (Å²) < 4.78 is 0. The number of thioether (sulfide) groups is 2. The zero-order valence-electron chi connectivity index (χ0n) is 12.9. The minimum Gasteiger partial charge on any atom is -0.332 e. The molecule has 1 fully saturated rings. The molecule has 122 valence electrons. The van der Waals surface area contributed by atoms with Crippen molar-refractivity contribution in [1.29, 1.82) is 5.26 Å². The van der Waals surface area contributed by atoms with E-state index in [1.54, 1.807) is 16.7 Å². The molecule has 0 spiro atoms. The summed E-state index contributed by atoms with van der Waals surface area (Å²) in [6, 6.07) is 9.78. The lowest BCUT2D eigenvalue weighted by atomic mass is 10.3. The molecule has 5 nitrogen and oxygen atoms in total. The quantitative estimate of drug-likeness (QED) is 0.763. The summed E-state index contributed by atoms with van der Waals surface area (Å²) in [5.41, 5.74) is 0.759. The minimum absolute atomic E-state index is 0.0394. The topological polar surface area (TPSA) is 73.2 Å². The molecule has 23 heavy (non-hydrogen) atoms. The molecule has 1 aliphatic rings. The molecule has 0 unspecified atom stereocenters. The molecular formula is C16H19N3O2S2. The Hall–Kier alpha value is -1.65. The fourth-order valence-electron chi connectivity index (χ4n) is 2.03. The van der Waals surface area contributed by atoms with Gasteiger partial charge >= 0.3 is 0 Å². The average molecular weight is 349 g/mol. The van der Waals surface area contributed by atoms with Crippen molar-refractivity contribution in [2.45, 2.75) is 18.2 Å². The predicted molar refractivity (Wildman–Crippen MR) is 94.6 cm³/mol. The predicted octanol–water partition coefficient (Wildman–Crippen LogP) is 3.44. The van der Waals surface area contributed by atoms with E-state index in [2.05, 4.69) is 11.4 Å². The van der Waals surface area contributed by atoms with Gasteiger partial charge in [0, 0.05) is 35.9 Å². The standard InChI is InChI=1S/C16H19N3O2S2/c1-12(10-17)11-23-14-5-3-2-4-13(14)18-15(20)6-7-19-8-9-22-16(19)21/h2-5,12H,6-9,11H2,1H3,(H,18,20)/t12-/m0/s1. The second kappa shape index (κ2) is 8.85. The fourth-order valence-corrected chi connectivity index (χ4v) is 3.83. The number of amides is 2. The lowest BCUT2D eigenvalue weighted by molar-refractivity contribution is -0.116. The van der Waals surface area contributed by atoms with Gasteiger partial charge in [-0.2, -0.15) is 5.26 Å². The summed E-state index contributed by atoms with van der Waals surface area (Å²) in [7, 11) is 0. The Bertz CT molecular complexity index is 616. The number of rotatable bonds is 7. The summed E-state index contributed by atoms with van der Waals surface area (Å²) in [6.07, 6.45) is 0.292. The highest BCUT2D eigenvalue weighted by Gasteiger charge is 2.21. The molecule has 1 heterocycles. The zero-order chi connectivity index (χ0) is 16.7. The third-order valence-corrected chi connectivity index (χ3v) is 5.55. The van der Waals surface area contributed by atoms with Gasteiger partial charge in [-0.05, 0) is 19.1 Å². The van der Waals surface area contributed by atoms with E-state index in [0.717, 1.165) is 22.9 Å². The Labute approximate surface area is 144 Å². The maximum atomic E-state index is 12.1. The van der Waals surface area contributed by atoms with Gasteiger partial charge in [0.05, 0.1) is 17.7 Å². The van der Waals surface area contributed by atoms with Crippen molar-refractivity contribution in [2.24, 2.45) is 5.92 Å². The van der Waals surface area contributed by atoms with Gasteiger partial charge in [-0.1, -0.05) is 23.9 Å². The molecule has 7 heteroatoms. The van der Waals surface area contributed by atoms with Gasteiger partial charge < -0.3 is 10.2 Å². The van der Waals surface area contributed by atoms with Crippen molar-refractivity contribution in [2.75, 3.05) is 29.9 Å². The minimum atomic E-state index is -0.101. The number of para-hydroxylation sites is 1. The summed E-state index contributed by atoms with van der Waals surface area (Å²) in [4.78, 5) is 26.3. The van der Waals surface area contributed by atoms with E-state index in [0.29, 0.717) is 18.7 Å². The van der Waals surface area contributed by atoms with Gasteiger partial charge in [0.15, 0.2) is 0 Å². The molecule has 2 rings (SSSR count). The zero-order valence-corrected chi connectivity index (χ0v) is 14.6. The van der Waals surface area contributed by atoms with Crippen molar-refractivity contribution in [3.63, 3.8) is 0 Å². The average Bonchev–Trinajstić information content (AvgIpc) is 2.97. The number of hydrogen-bond donors (Lipinski definition) is 1. The van der Waals surface area contributed by atoms with E-state index in [-0.39, 0.29) is 17.1 Å². The maximum Gasteiger partial charge on any atom is 0.281 e. The Morgan fingerprint density at radius 3 is 3.00 bits per heavy atom. The van der Waals surface area contributed by atoms with Crippen molar-refractivity contribution in [3.05, 3.63) is 24.3 Å². The van der Waals surface area contributed by atoms with E-state index < -0.39 is 0 Å². The molecule has 1 aliphatic heterocycles. The number of hydrogen-bond acceptors (Lipinski definition) is 5. The highest BCUT2D eigenvalue weighted by molar-refractivity contribution is 8.13. The molecule has 1 N–H and O–H groups in total. The molecule has 0 bridgehead atoms. The van der Waals surface area contributed by atoms with E-state index >= 15 is 0 Å². The fraction of sp³-hybridized carbons (Fsp3) is 0.438. The third kappa shape index (κ3) is 5.48. The van der Waals surface area contributed by atoms with Gasteiger partial charge in [0.1, 0.15) is 0 Å².